The zero-order chi connectivity index (χ0) is 23.1. The first-order valence-corrected chi connectivity index (χ1v) is 11.4. The molecule has 0 radical (unpaired) electrons. The molecule has 0 aliphatic heterocycles. The van der Waals surface area contributed by atoms with Crippen molar-refractivity contribution >= 4 is 14.1 Å². The standard InChI is InChI=1S/C23H31O7P/c1-22(2,3)29-31(25,30-23(4,5)6)28-17-27-21-14-19(15-24)12-13-20(21)26-16-18-10-8-7-9-11-18/h7-15H,16-17H2,1-6H3. The average Bonchev–Trinajstić information content (AvgIpc) is 2.64. The second-order valence-corrected chi connectivity index (χ2v) is 10.4. The molecule has 8 heteroatoms. The van der Waals surface area contributed by atoms with Crippen LogP contribution in [0.15, 0.2) is 48.5 Å². The van der Waals surface area contributed by atoms with Gasteiger partial charge in [-0.1, -0.05) is 30.3 Å². The number of carbonyl (C=O) groups is 1. The van der Waals surface area contributed by atoms with Crippen LogP contribution in [0.4, 0.5) is 0 Å². The smallest absolute Gasteiger partial charge is 0.478 e. The van der Waals surface area contributed by atoms with Gasteiger partial charge in [0.15, 0.2) is 11.5 Å². The van der Waals surface area contributed by atoms with E-state index in [9.17, 15) is 9.36 Å². The number of hydrogen-bond acceptors (Lipinski definition) is 7. The third kappa shape index (κ3) is 9.23. The molecule has 7 nitrogen and oxygen atoms in total. The molecule has 0 unspecified atom stereocenters. The van der Waals surface area contributed by atoms with Crippen molar-refractivity contribution in [1.29, 1.82) is 0 Å². The quantitative estimate of drug-likeness (QED) is 0.243. The van der Waals surface area contributed by atoms with E-state index in [4.69, 9.17) is 23.0 Å². The van der Waals surface area contributed by atoms with E-state index >= 15 is 0 Å². The highest BCUT2D eigenvalue weighted by atomic mass is 31.2. The Labute approximate surface area is 184 Å². The summed E-state index contributed by atoms with van der Waals surface area (Å²) in [6.07, 6.45) is 0.699. The van der Waals surface area contributed by atoms with Crippen LogP contribution in [0, 0.1) is 0 Å². The van der Waals surface area contributed by atoms with Crippen LogP contribution in [0.25, 0.3) is 0 Å². The van der Waals surface area contributed by atoms with Gasteiger partial charge in [0, 0.05) is 5.56 Å². The van der Waals surface area contributed by atoms with E-state index in [1.165, 1.54) is 6.07 Å². The van der Waals surface area contributed by atoms with E-state index in [-0.39, 0.29) is 5.75 Å². The summed E-state index contributed by atoms with van der Waals surface area (Å²) in [6.45, 7) is 10.4. The van der Waals surface area contributed by atoms with Crippen molar-refractivity contribution in [3.8, 4) is 11.5 Å². The number of rotatable bonds is 10. The largest absolute Gasteiger partial charge is 0.485 e. The lowest BCUT2D eigenvalue weighted by Gasteiger charge is -2.30. The molecule has 0 saturated carbocycles. The fraction of sp³-hybridized carbons (Fsp3) is 0.435. The minimum Gasteiger partial charge on any atom is -0.485 e. The zero-order valence-electron chi connectivity index (χ0n) is 18.9. The van der Waals surface area contributed by atoms with E-state index in [2.05, 4.69) is 0 Å². The molecule has 0 atom stereocenters. The maximum absolute atomic E-state index is 13.1. The highest BCUT2D eigenvalue weighted by Gasteiger charge is 2.37. The van der Waals surface area contributed by atoms with E-state index in [1.54, 1.807) is 53.7 Å². The zero-order valence-corrected chi connectivity index (χ0v) is 19.8. The number of aldehydes is 1. The topological polar surface area (TPSA) is 80.3 Å². The molecule has 2 rings (SSSR count). The molecule has 170 valence electrons. The third-order valence-corrected chi connectivity index (χ3v) is 5.50. The number of phosphoric acid groups is 1. The van der Waals surface area contributed by atoms with E-state index < -0.39 is 25.8 Å². The summed E-state index contributed by atoms with van der Waals surface area (Å²) in [5.41, 5.74) is -0.141. The number of carbonyl (C=O) groups excluding carboxylic acids is 1. The molecule has 0 saturated heterocycles. The average molecular weight is 450 g/mol. The second kappa shape index (κ2) is 10.4. The maximum atomic E-state index is 13.1. The van der Waals surface area contributed by atoms with Crippen molar-refractivity contribution < 1.29 is 32.4 Å². The van der Waals surface area contributed by atoms with Crippen LogP contribution in [0.2, 0.25) is 0 Å². The molecule has 0 N–H and O–H groups in total. The molecule has 0 aliphatic rings. The minimum atomic E-state index is -3.93. The van der Waals surface area contributed by atoms with Crippen LogP contribution in [-0.2, 0) is 24.7 Å². The van der Waals surface area contributed by atoms with Crippen LogP contribution in [-0.4, -0.2) is 24.3 Å². The first-order valence-electron chi connectivity index (χ1n) is 9.94. The van der Waals surface area contributed by atoms with Crippen molar-refractivity contribution in [2.75, 3.05) is 6.79 Å². The van der Waals surface area contributed by atoms with E-state index in [0.29, 0.717) is 24.2 Å². The van der Waals surface area contributed by atoms with Crippen LogP contribution in [0.3, 0.4) is 0 Å². The molecule has 0 spiro atoms. The Hall–Kier alpha value is -2.18. The van der Waals surface area contributed by atoms with Crippen molar-refractivity contribution in [3.63, 3.8) is 0 Å². The first kappa shape index (κ1) is 25.1. The van der Waals surface area contributed by atoms with Crippen molar-refractivity contribution in [1.82, 2.24) is 0 Å². The van der Waals surface area contributed by atoms with Gasteiger partial charge in [-0.25, -0.2) is 9.09 Å². The summed E-state index contributed by atoms with van der Waals surface area (Å²) in [5.74, 6) is 0.694. The predicted molar refractivity (Wildman–Crippen MR) is 118 cm³/mol. The maximum Gasteiger partial charge on any atom is 0.478 e. The van der Waals surface area contributed by atoms with Gasteiger partial charge >= 0.3 is 7.82 Å². The Morgan fingerprint density at radius 3 is 2.00 bits per heavy atom. The Morgan fingerprint density at radius 1 is 0.839 bits per heavy atom. The molecule has 0 bridgehead atoms. The van der Waals surface area contributed by atoms with Gasteiger partial charge in [-0.15, -0.1) is 0 Å². The van der Waals surface area contributed by atoms with Crippen LogP contribution < -0.4 is 9.47 Å². The van der Waals surface area contributed by atoms with Gasteiger partial charge in [0.2, 0.25) is 6.79 Å². The fourth-order valence-corrected chi connectivity index (χ4v) is 4.13. The highest BCUT2D eigenvalue weighted by Crippen LogP contribution is 2.55. The van der Waals surface area contributed by atoms with Gasteiger partial charge in [-0.2, -0.15) is 0 Å². The summed E-state index contributed by atoms with van der Waals surface area (Å²) >= 11 is 0. The van der Waals surface area contributed by atoms with Crippen LogP contribution >= 0.6 is 7.82 Å². The van der Waals surface area contributed by atoms with Gasteiger partial charge in [0.05, 0.1) is 11.2 Å². The molecular weight excluding hydrogens is 419 g/mol. The second-order valence-electron chi connectivity index (χ2n) is 8.84. The normalized spacial score (nSPS) is 12.5. The summed E-state index contributed by atoms with van der Waals surface area (Å²) in [7, 11) is -3.93. The predicted octanol–water partition coefficient (Wildman–Crippen LogP) is 6.17. The lowest BCUT2D eigenvalue weighted by atomic mass is 10.2. The van der Waals surface area contributed by atoms with Crippen LogP contribution in [0.5, 0.6) is 11.5 Å². The lowest BCUT2D eigenvalue weighted by Crippen LogP contribution is -2.25. The number of hydrogen-bond donors (Lipinski definition) is 0. The Bertz CT molecular complexity index is 878. The first-order chi connectivity index (χ1) is 14.4. The third-order valence-electron chi connectivity index (χ3n) is 3.54. The molecular formula is C23H31O7P. The van der Waals surface area contributed by atoms with Crippen LogP contribution in [0.1, 0.15) is 57.5 Å². The number of ether oxygens (including phenoxy) is 2. The lowest BCUT2D eigenvalue weighted by molar-refractivity contribution is -0.0194. The van der Waals surface area contributed by atoms with Gasteiger partial charge in [-0.05, 0) is 65.3 Å². The van der Waals surface area contributed by atoms with Crippen molar-refractivity contribution in [2.45, 2.75) is 59.4 Å². The molecule has 0 fully saturated rings. The Balaban J connectivity index is 2.12. The molecule has 2 aromatic rings. The molecule has 31 heavy (non-hydrogen) atoms. The minimum absolute atomic E-state index is 0.276. The van der Waals surface area contributed by atoms with Gasteiger partial charge in [-0.3, -0.25) is 13.8 Å². The summed E-state index contributed by atoms with van der Waals surface area (Å²) < 4.78 is 41.2. The van der Waals surface area contributed by atoms with Crippen molar-refractivity contribution in [2.24, 2.45) is 0 Å². The van der Waals surface area contributed by atoms with Gasteiger partial charge < -0.3 is 9.47 Å². The molecule has 2 aromatic carbocycles. The SMILES string of the molecule is CC(C)(C)OP(=O)(OCOc1cc(C=O)ccc1OCc1ccccc1)OC(C)(C)C. The Morgan fingerprint density at radius 2 is 1.45 bits per heavy atom. The summed E-state index contributed by atoms with van der Waals surface area (Å²) in [5, 5.41) is 0. The molecule has 0 aromatic heterocycles. The van der Waals surface area contributed by atoms with E-state index in [0.717, 1.165) is 5.56 Å². The molecule has 0 amide bonds. The van der Waals surface area contributed by atoms with E-state index in [1.807, 2.05) is 30.3 Å². The number of phosphoric ester groups is 1. The Kier molecular flexibility index (Phi) is 8.43. The highest BCUT2D eigenvalue weighted by molar-refractivity contribution is 7.48. The number of benzene rings is 2. The monoisotopic (exact) mass is 450 g/mol. The summed E-state index contributed by atoms with van der Waals surface area (Å²) in [4.78, 5) is 11.2. The fourth-order valence-electron chi connectivity index (χ4n) is 2.46. The van der Waals surface area contributed by atoms with Crippen molar-refractivity contribution in [3.05, 3.63) is 59.7 Å². The molecule has 0 heterocycles. The van der Waals surface area contributed by atoms with Gasteiger partial charge in [0.25, 0.3) is 0 Å². The summed E-state index contributed by atoms with van der Waals surface area (Å²) in [6, 6.07) is 14.4. The van der Waals surface area contributed by atoms with Gasteiger partial charge in [0.1, 0.15) is 12.9 Å². The molecule has 0 aliphatic carbocycles.